The molecule has 0 bridgehead atoms. The molecule has 216 valence electrons. The van der Waals surface area contributed by atoms with E-state index in [1.807, 2.05) is 12.1 Å². The van der Waals surface area contributed by atoms with E-state index in [9.17, 15) is 32.3 Å². The normalized spacial score (nSPS) is 11.7. The smallest absolute Gasteiger partial charge is 0.480 e. The van der Waals surface area contributed by atoms with Gasteiger partial charge in [-0.3, -0.25) is 24.1 Å². The predicted octanol–water partition coefficient (Wildman–Crippen LogP) is 3.42. The third kappa shape index (κ3) is 9.58. The second kappa shape index (κ2) is 14.4. The minimum atomic E-state index is -5.08. The van der Waals surface area contributed by atoms with E-state index in [0.717, 1.165) is 23.1 Å². The SMILES string of the molecule is NC(=O)c1ccc2c(c1)CCC2=O.NCc1cccc(C(=O)N(CC(=O)O)c2ccccc2)c1.O=C(O)C(F)(F)F. The number of benzene rings is 3. The van der Waals surface area contributed by atoms with Gasteiger partial charge < -0.3 is 21.7 Å². The van der Waals surface area contributed by atoms with Gasteiger partial charge in [-0.05, 0) is 53.9 Å². The Hall–Kier alpha value is -5.04. The molecule has 10 nitrogen and oxygen atoms in total. The Kier molecular flexibility index (Phi) is 11.3. The van der Waals surface area contributed by atoms with Crippen LogP contribution < -0.4 is 16.4 Å². The van der Waals surface area contributed by atoms with E-state index in [0.29, 0.717) is 29.8 Å². The van der Waals surface area contributed by atoms with E-state index in [2.05, 4.69) is 0 Å². The zero-order valence-electron chi connectivity index (χ0n) is 21.4. The number of carboxylic acids is 2. The fraction of sp³-hybridized carbons (Fsp3) is 0.179. The average molecular weight is 574 g/mol. The molecule has 3 aromatic carbocycles. The molecule has 0 radical (unpaired) electrons. The predicted molar refractivity (Wildman–Crippen MR) is 141 cm³/mol. The number of carbonyl (C=O) groups is 5. The molecule has 0 spiro atoms. The largest absolute Gasteiger partial charge is 0.490 e. The number of amides is 2. The number of carbonyl (C=O) groups excluding carboxylic acids is 3. The van der Waals surface area contributed by atoms with Crippen LogP contribution in [-0.2, 0) is 22.6 Å². The molecule has 41 heavy (non-hydrogen) atoms. The highest BCUT2D eigenvalue weighted by atomic mass is 19.4. The number of alkyl halides is 3. The lowest BCUT2D eigenvalue weighted by Gasteiger charge is -2.21. The van der Waals surface area contributed by atoms with Gasteiger partial charge in [0, 0.05) is 35.3 Å². The van der Waals surface area contributed by atoms with Crippen LogP contribution in [0.2, 0.25) is 0 Å². The van der Waals surface area contributed by atoms with Crippen molar-refractivity contribution in [2.75, 3.05) is 11.4 Å². The van der Waals surface area contributed by atoms with Crippen LogP contribution in [-0.4, -0.2) is 52.5 Å². The standard InChI is InChI=1S/C16H16N2O3.C10H9NO2.C2HF3O2/c17-10-12-5-4-6-13(9-12)16(21)18(11-15(19)20)14-7-2-1-3-8-14;11-10(13)7-1-3-8-6(5-7)2-4-9(8)12;3-2(4,5)1(6)7/h1-9H,10-11,17H2,(H,19,20);1,3,5H,2,4H2,(H2,11,13);(H,6,7). The molecule has 4 rings (SSSR count). The van der Waals surface area contributed by atoms with E-state index in [-0.39, 0.29) is 11.7 Å². The maximum Gasteiger partial charge on any atom is 0.490 e. The average Bonchev–Trinajstić information content (AvgIpc) is 3.31. The van der Waals surface area contributed by atoms with E-state index in [1.54, 1.807) is 60.7 Å². The van der Waals surface area contributed by atoms with Gasteiger partial charge in [-0.1, -0.05) is 36.4 Å². The fourth-order valence-corrected chi connectivity index (χ4v) is 3.62. The molecule has 0 unspecified atom stereocenters. The van der Waals surface area contributed by atoms with Crippen LogP contribution in [0.1, 0.15) is 48.6 Å². The number of fused-ring (bicyclic) bond motifs is 1. The summed E-state index contributed by atoms with van der Waals surface area (Å²) in [6.07, 6.45) is -3.80. The first-order valence-electron chi connectivity index (χ1n) is 11.9. The number of hydrogen-bond acceptors (Lipinski definition) is 6. The lowest BCUT2D eigenvalue weighted by atomic mass is 10.1. The summed E-state index contributed by atoms with van der Waals surface area (Å²) in [4.78, 5) is 55.8. The van der Waals surface area contributed by atoms with Crippen LogP contribution in [0.25, 0.3) is 0 Å². The number of rotatable bonds is 6. The first kappa shape index (κ1) is 32.2. The van der Waals surface area contributed by atoms with Crippen molar-refractivity contribution in [3.05, 3.63) is 101 Å². The molecule has 0 saturated carbocycles. The minimum absolute atomic E-state index is 0.158. The van der Waals surface area contributed by atoms with Crippen molar-refractivity contribution in [1.82, 2.24) is 0 Å². The number of para-hydroxylation sites is 1. The third-order valence-electron chi connectivity index (χ3n) is 5.57. The second-order valence-corrected chi connectivity index (χ2v) is 8.49. The Labute approximate surface area is 232 Å². The Morgan fingerprint density at radius 3 is 2.02 bits per heavy atom. The zero-order chi connectivity index (χ0) is 30.7. The number of Topliss-reactive ketones (excluding diaryl/α,β-unsaturated/α-hetero) is 1. The minimum Gasteiger partial charge on any atom is -0.480 e. The number of aryl methyl sites for hydroxylation is 1. The fourth-order valence-electron chi connectivity index (χ4n) is 3.62. The van der Waals surface area contributed by atoms with Gasteiger partial charge in [0.15, 0.2) is 5.78 Å². The number of halogens is 3. The van der Waals surface area contributed by atoms with Crippen molar-refractivity contribution in [3.8, 4) is 0 Å². The molecular weight excluding hydrogens is 547 g/mol. The molecule has 0 aromatic heterocycles. The highest BCUT2D eigenvalue weighted by Gasteiger charge is 2.38. The molecule has 6 N–H and O–H groups in total. The van der Waals surface area contributed by atoms with Crippen molar-refractivity contribution in [3.63, 3.8) is 0 Å². The number of ketones is 1. The summed E-state index contributed by atoms with van der Waals surface area (Å²) in [5.74, 6) is -4.47. The third-order valence-corrected chi connectivity index (χ3v) is 5.57. The number of nitrogens with two attached hydrogens (primary N) is 2. The monoisotopic (exact) mass is 573 g/mol. The zero-order valence-corrected chi connectivity index (χ0v) is 21.4. The topological polar surface area (TPSA) is 181 Å². The lowest BCUT2D eigenvalue weighted by molar-refractivity contribution is -0.192. The Morgan fingerprint density at radius 2 is 1.49 bits per heavy atom. The van der Waals surface area contributed by atoms with Crippen LogP contribution >= 0.6 is 0 Å². The highest BCUT2D eigenvalue weighted by molar-refractivity contribution is 6.08. The molecule has 0 fully saturated rings. The first-order valence-corrected chi connectivity index (χ1v) is 11.9. The van der Waals surface area contributed by atoms with Gasteiger partial charge in [0.25, 0.3) is 5.91 Å². The molecule has 0 saturated heterocycles. The van der Waals surface area contributed by atoms with Gasteiger partial charge in [0.05, 0.1) is 0 Å². The molecule has 2 amide bonds. The Bertz CT molecular complexity index is 1430. The van der Waals surface area contributed by atoms with Crippen molar-refractivity contribution in [1.29, 1.82) is 0 Å². The van der Waals surface area contributed by atoms with Crippen LogP contribution in [0.5, 0.6) is 0 Å². The van der Waals surface area contributed by atoms with Crippen molar-refractivity contribution in [2.45, 2.75) is 25.6 Å². The Morgan fingerprint density at radius 1 is 0.854 bits per heavy atom. The van der Waals surface area contributed by atoms with E-state index in [1.165, 1.54) is 4.90 Å². The van der Waals surface area contributed by atoms with Crippen molar-refractivity contribution >= 4 is 35.2 Å². The molecule has 3 aromatic rings. The summed E-state index contributed by atoms with van der Waals surface area (Å²) in [5, 5.41) is 16.2. The van der Waals surface area contributed by atoms with Crippen LogP contribution in [0.3, 0.4) is 0 Å². The summed E-state index contributed by atoms with van der Waals surface area (Å²) < 4.78 is 31.7. The van der Waals surface area contributed by atoms with Gasteiger partial charge in [-0.15, -0.1) is 0 Å². The number of nitrogens with zero attached hydrogens (tertiary/aromatic N) is 1. The van der Waals surface area contributed by atoms with E-state index < -0.39 is 30.6 Å². The molecule has 0 atom stereocenters. The summed E-state index contributed by atoms with van der Waals surface area (Å²) >= 11 is 0. The molecule has 1 aliphatic carbocycles. The highest BCUT2D eigenvalue weighted by Crippen LogP contribution is 2.22. The second-order valence-electron chi connectivity index (χ2n) is 8.49. The molecule has 13 heteroatoms. The number of aliphatic carboxylic acids is 2. The summed E-state index contributed by atoms with van der Waals surface area (Å²) in [5.41, 5.74) is 14.6. The van der Waals surface area contributed by atoms with Crippen LogP contribution in [0, 0.1) is 0 Å². The summed E-state index contributed by atoms with van der Waals surface area (Å²) in [6.45, 7) is -0.0684. The first-order chi connectivity index (χ1) is 19.2. The summed E-state index contributed by atoms with van der Waals surface area (Å²) in [6, 6.07) is 20.6. The van der Waals surface area contributed by atoms with Gasteiger partial charge in [-0.25, -0.2) is 4.79 Å². The van der Waals surface area contributed by atoms with Crippen LogP contribution in [0.15, 0.2) is 72.8 Å². The van der Waals surface area contributed by atoms with Crippen molar-refractivity contribution < 1.29 is 47.4 Å². The quantitative estimate of drug-likeness (QED) is 0.346. The lowest BCUT2D eigenvalue weighted by Crippen LogP contribution is -2.35. The summed E-state index contributed by atoms with van der Waals surface area (Å²) in [7, 11) is 0. The van der Waals surface area contributed by atoms with Gasteiger partial charge >= 0.3 is 18.1 Å². The van der Waals surface area contributed by atoms with Gasteiger partial charge in [0.2, 0.25) is 5.91 Å². The molecular formula is C28H26F3N3O7. The molecule has 0 heterocycles. The van der Waals surface area contributed by atoms with Crippen LogP contribution in [0.4, 0.5) is 18.9 Å². The number of anilines is 1. The molecule has 0 aliphatic heterocycles. The van der Waals surface area contributed by atoms with Crippen molar-refractivity contribution in [2.24, 2.45) is 11.5 Å². The number of hydrogen-bond donors (Lipinski definition) is 4. The maximum atomic E-state index is 12.6. The maximum absolute atomic E-state index is 12.6. The molecule has 1 aliphatic rings. The Balaban J connectivity index is 0.000000249. The van der Waals surface area contributed by atoms with Gasteiger partial charge in [0.1, 0.15) is 6.54 Å². The van der Waals surface area contributed by atoms with E-state index >= 15 is 0 Å². The van der Waals surface area contributed by atoms with E-state index in [4.69, 9.17) is 26.5 Å². The van der Waals surface area contributed by atoms with Gasteiger partial charge in [-0.2, -0.15) is 13.2 Å². The number of carboxylic acid groups (broad SMARTS) is 2. The number of primary amides is 1.